The van der Waals surface area contributed by atoms with Gasteiger partial charge in [-0.3, -0.25) is 19.9 Å². The van der Waals surface area contributed by atoms with Crippen LogP contribution in [0.3, 0.4) is 0 Å². The van der Waals surface area contributed by atoms with Crippen LogP contribution in [0.4, 0.5) is 0 Å². The van der Waals surface area contributed by atoms with Crippen LogP contribution in [0.2, 0.25) is 0 Å². The molecule has 11 heterocycles. The monoisotopic (exact) mass is 1680 g/mol. The highest BCUT2D eigenvalue weighted by molar-refractivity contribution is 6.17. The van der Waals surface area contributed by atoms with Crippen molar-refractivity contribution in [3.63, 3.8) is 0 Å². The fraction of sp³-hybridized carbons (Fsp3) is 0. The molecule has 131 heavy (non-hydrogen) atoms. The molecule has 0 N–H and O–H groups in total. The van der Waals surface area contributed by atoms with Gasteiger partial charge in [0, 0.05) is 165 Å². The van der Waals surface area contributed by atoms with Crippen LogP contribution in [0, 0.1) is 0 Å². The summed E-state index contributed by atoms with van der Waals surface area (Å²) in [5, 5.41) is 12.0. The van der Waals surface area contributed by atoms with Gasteiger partial charge in [-0.25, -0.2) is 29.9 Å². The van der Waals surface area contributed by atoms with Crippen LogP contribution in [0.1, 0.15) is 0 Å². The van der Waals surface area contributed by atoms with Crippen LogP contribution in [-0.2, 0) is 0 Å². The zero-order chi connectivity index (χ0) is 86.4. The molecule has 0 unspecified atom stereocenters. The molecule has 0 aliphatic rings. The van der Waals surface area contributed by atoms with Gasteiger partial charge in [0.2, 0.25) is 0 Å². The number of rotatable bonds is 14. The second-order valence-electron chi connectivity index (χ2n) is 32.8. The molecular weight excluding hydrogens is 1600 g/mol. The zero-order valence-corrected chi connectivity index (χ0v) is 70.4. The van der Waals surface area contributed by atoms with E-state index in [1.54, 1.807) is 49.6 Å². The molecule has 15 aromatic carbocycles. The molecule has 0 saturated carbocycles. The number of benzene rings is 15. The molecule has 0 atom stereocenters. The van der Waals surface area contributed by atoms with Crippen LogP contribution in [0.25, 0.3) is 239 Å². The molecule has 0 spiro atoms. The minimum atomic E-state index is 0.542. The summed E-state index contributed by atoms with van der Waals surface area (Å²) in [5.74, 6) is 3.33. The first-order chi connectivity index (χ1) is 64.9. The van der Waals surface area contributed by atoms with E-state index in [1.165, 1.54) is 87.3 Å². The summed E-state index contributed by atoms with van der Waals surface area (Å²) in [5.41, 5.74) is 28.9. The van der Waals surface area contributed by atoms with Gasteiger partial charge < -0.3 is 22.8 Å². The second-order valence-corrected chi connectivity index (χ2v) is 32.8. The molecule has 612 valence electrons. The van der Waals surface area contributed by atoms with Gasteiger partial charge in [0.1, 0.15) is 0 Å². The van der Waals surface area contributed by atoms with Gasteiger partial charge in [0.05, 0.1) is 55.2 Å². The summed E-state index contributed by atoms with van der Waals surface area (Å²) in [6.45, 7) is 0. The minimum absolute atomic E-state index is 0.542. The molecular formula is C116H73N15. The second kappa shape index (κ2) is 31.5. The number of hydrogen-bond donors (Lipinski definition) is 0. The highest BCUT2D eigenvalue weighted by Crippen LogP contribution is 2.45. The van der Waals surface area contributed by atoms with Gasteiger partial charge in [-0.1, -0.05) is 188 Å². The van der Waals surface area contributed by atoms with E-state index in [0.29, 0.717) is 34.9 Å². The van der Waals surface area contributed by atoms with Crippen LogP contribution in [0.5, 0.6) is 0 Å². The van der Waals surface area contributed by atoms with E-state index in [-0.39, 0.29) is 0 Å². The van der Waals surface area contributed by atoms with Gasteiger partial charge >= 0.3 is 0 Å². The fourth-order valence-electron chi connectivity index (χ4n) is 19.2. The Morgan fingerprint density at radius 1 is 0.130 bits per heavy atom. The molecule has 0 saturated heterocycles. The van der Waals surface area contributed by atoms with Crippen molar-refractivity contribution in [3.05, 3.63) is 444 Å². The average molecular weight is 1680 g/mol. The molecule has 0 aliphatic carbocycles. The first-order valence-electron chi connectivity index (χ1n) is 43.7. The number of fused-ring (bicyclic) bond motifs is 15. The number of nitrogens with zero attached hydrogens (tertiary/aromatic N) is 15. The van der Waals surface area contributed by atoms with Crippen molar-refractivity contribution in [2.75, 3.05) is 0 Å². The van der Waals surface area contributed by atoms with Crippen molar-refractivity contribution in [2.24, 2.45) is 0 Å². The minimum Gasteiger partial charge on any atom is -0.309 e. The Hall–Kier alpha value is -18.1. The average Bonchev–Trinajstić information content (AvgIpc) is 1.57. The lowest BCUT2D eigenvalue weighted by Gasteiger charge is -2.12. The summed E-state index contributed by atoms with van der Waals surface area (Å²) in [7, 11) is 0. The number of hydrogen-bond acceptors (Lipinski definition) is 10. The summed E-state index contributed by atoms with van der Waals surface area (Å²) >= 11 is 0. The van der Waals surface area contributed by atoms with Crippen molar-refractivity contribution < 1.29 is 0 Å². The largest absolute Gasteiger partial charge is 0.309 e. The highest BCUT2D eigenvalue weighted by atomic mass is 15.1. The maximum atomic E-state index is 5.06. The van der Waals surface area contributed by atoms with Gasteiger partial charge in [-0.15, -0.1) is 0 Å². The van der Waals surface area contributed by atoms with E-state index < -0.39 is 0 Å². The smallest absolute Gasteiger partial charge is 0.165 e. The Kier molecular flexibility index (Phi) is 18.2. The lowest BCUT2D eigenvalue weighted by atomic mass is 9.98. The van der Waals surface area contributed by atoms with E-state index in [1.807, 2.05) is 48.5 Å². The van der Waals surface area contributed by atoms with Gasteiger partial charge in [-0.2, -0.15) is 0 Å². The van der Waals surface area contributed by atoms with E-state index >= 15 is 0 Å². The molecule has 0 amide bonds. The van der Waals surface area contributed by atoms with Crippen LogP contribution < -0.4 is 0 Å². The molecule has 11 aromatic heterocycles. The number of aromatic nitrogens is 15. The highest BCUT2D eigenvalue weighted by Gasteiger charge is 2.24. The molecule has 15 heteroatoms. The Morgan fingerprint density at radius 2 is 0.328 bits per heavy atom. The topological polar surface area (TPSA) is 154 Å². The Morgan fingerprint density at radius 3 is 0.573 bits per heavy atom. The number of para-hydroxylation sites is 7. The number of pyridine rings is 4. The predicted octanol–water partition coefficient (Wildman–Crippen LogP) is 27.8. The standard InChI is InChI=1S/C67H42N8.C49H31N7/c1-3-17-50(18-4-1)73-59-24-9-7-22-53(59)55-37-43(26-30-61(55)73)45-28-32-63-57(39-45)58-40-46(44-27-31-62-56(38-44)54-23-8-10-25-60(54)74(62)51-19-5-2-6-20-51)29-33-64(58)75(63)52-21-11-14-47(36-52)65-70-66(48-15-12-34-68-41-48)72-67(71-65)49-16-13-35-69-42-49;1-2-14-37(15-3-1)55-43-19-6-4-17-39(43)41-28-32(21-23-45(41)55)33-22-24-46-42(29-33)40-18-5-7-20-44(40)56(46)38-16-8-11-34(27-38)47-52-48(35-12-9-25-50-30-35)54-49(53-47)36-13-10-26-51-31-36/h1-42H;1-31H. The summed E-state index contributed by atoms with van der Waals surface area (Å²) < 4.78 is 11.8. The van der Waals surface area contributed by atoms with Crippen LogP contribution >= 0.6 is 0 Å². The third-order valence-corrected chi connectivity index (χ3v) is 25.2. The lowest BCUT2D eigenvalue weighted by molar-refractivity contribution is 1.06. The van der Waals surface area contributed by atoms with Crippen molar-refractivity contribution >= 4 is 109 Å². The van der Waals surface area contributed by atoms with E-state index in [4.69, 9.17) is 29.9 Å². The Bertz CT molecular complexity index is 8630. The fourth-order valence-corrected chi connectivity index (χ4v) is 19.2. The summed E-state index contributed by atoms with van der Waals surface area (Å²) in [6, 6.07) is 140. The van der Waals surface area contributed by atoms with Crippen molar-refractivity contribution in [1.29, 1.82) is 0 Å². The van der Waals surface area contributed by atoms with E-state index in [9.17, 15) is 0 Å². The predicted molar refractivity (Wildman–Crippen MR) is 531 cm³/mol. The summed E-state index contributed by atoms with van der Waals surface area (Å²) in [4.78, 5) is 47.2. The quantitative estimate of drug-likeness (QED) is 0.103. The maximum Gasteiger partial charge on any atom is 0.165 e. The zero-order valence-electron chi connectivity index (χ0n) is 70.4. The molecule has 15 nitrogen and oxygen atoms in total. The SMILES string of the molecule is c1ccc(-n2c3ccccc3c3cc(-c4ccc5c(c4)c4cc(-c6ccc7c(c6)c6ccccc6n7-c6ccccc6)ccc4n5-c4cccc(-c5nc(-c6cccnc6)nc(-c6cccnc6)n5)c4)ccc32)cc1.c1ccc(-n2c3ccccc3c3cc(-c4ccc5c(c4)c4ccccc4n5-c4cccc(-c5nc(-c6cccnc6)nc(-c6cccnc6)n5)c4)ccc32)cc1. The van der Waals surface area contributed by atoms with Crippen molar-refractivity contribution in [2.45, 2.75) is 0 Å². The normalized spacial score (nSPS) is 11.7. The summed E-state index contributed by atoms with van der Waals surface area (Å²) in [6.07, 6.45) is 14.1. The molecule has 0 fully saturated rings. The third kappa shape index (κ3) is 13.2. The Labute approximate surface area is 750 Å². The lowest BCUT2D eigenvalue weighted by Crippen LogP contribution is -2.01. The molecule has 0 aliphatic heterocycles. The molecule has 26 rings (SSSR count). The maximum absolute atomic E-state index is 5.06. The van der Waals surface area contributed by atoms with Gasteiger partial charge in [-0.05, 0) is 240 Å². The third-order valence-electron chi connectivity index (χ3n) is 25.2. The first kappa shape index (κ1) is 75.4. The van der Waals surface area contributed by atoms with Crippen LogP contribution in [-0.4, -0.2) is 72.7 Å². The molecule has 0 bridgehead atoms. The van der Waals surface area contributed by atoms with Gasteiger partial charge in [0.15, 0.2) is 34.9 Å². The van der Waals surface area contributed by atoms with Crippen molar-refractivity contribution in [1.82, 2.24) is 72.7 Å². The van der Waals surface area contributed by atoms with E-state index in [0.717, 1.165) is 117 Å². The molecule has 0 radical (unpaired) electrons. The van der Waals surface area contributed by atoms with Crippen LogP contribution in [0.15, 0.2) is 444 Å². The first-order valence-corrected chi connectivity index (χ1v) is 43.7. The van der Waals surface area contributed by atoms with E-state index in [2.05, 4.69) is 389 Å². The van der Waals surface area contributed by atoms with Gasteiger partial charge in [0.25, 0.3) is 0 Å². The van der Waals surface area contributed by atoms with Crippen molar-refractivity contribution in [3.8, 4) is 130 Å². The Balaban J connectivity index is 0.000000147. The molecule has 26 aromatic rings.